The summed E-state index contributed by atoms with van der Waals surface area (Å²) in [4.78, 5) is 38.0. The lowest BCUT2D eigenvalue weighted by Crippen LogP contribution is -2.43. The van der Waals surface area contributed by atoms with Crippen molar-refractivity contribution in [3.05, 3.63) is 0 Å². The number of amides is 1. The van der Waals surface area contributed by atoms with Crippen LogP contribution in [0.2, 0.25) is 0 Å². The van der Waals surface area contributed by atoms with Gasteiger partial charge in [0.2, 0.25) is 5.91 Å². The average Bonchev–Trinajstić information content (AvgIpc) is 2.80. The second-order valence-corrected chi connectivity index (χ2v) is 6.37. The molecule has 0 spiro atoms. The van der Waals surface area contributed by atoms with Gasteiger partial charge in [-0.1, -0.05) is 0 Å². The summed E-state index contributed by atoms with van der Waals surface area (Å²) in [5, 5.41) is 2.66. The Labute approximate surface area is 126 Å². The predicted octanol–water partition coefficient (Wildman–Crippen LogP) is 0.603. The quantitative estimate of drug-likeness (QED) is 0.574. The molecular formula is C15H26N2O4. The monoisotopic (exact) mass is 298 g/mol. The maximum absolute atomic E-state index is 12.3. The number of hydrogen-bond acceptors (Lipinski definition) is 5. The number of rotatable bonds is 6. The van der Waals surface area contributed by atoms with Crippen molar-refractivity contribution in [1.29, 1.82) is 0 Å². The highest BCUT2D eigenvalue weighted by atomic mass is 16.5. The van der Waals surface area contributed by atoms with Crippen molar-refractivity contribution in [2.45, 2.75) is 34.1 Å². The molecular weight excluding hydrogens is 272 g/mol. The highest BCUT2D eigenvalue weighted by molar-refractivity contribution is 6.03. The molecule has 6 nitrogen and oxygen atoms in total. The molecule has 1 amide bonds. The van der Waals surface area contributed by atoms with Crippen LogP contribution in [0.1, 0.15) is 34.1 Å². The molecule has 1 atom stereocenters. The number of Topliss-reactive ketones (excluding diaryl/α,β-unsaturated/α-hetero) is 1. The summed E-state index contributed by atoms with van der Waals surface area (Å²) in [6.07, 6.45) is 0.708. The van der Waals surface area contributed by atoms with Crippen LogP contribution in [0, 0.1) is 10.8 Å². The van der Waals surface area contributed by atoms with Crippen LogP contribution in [0.4, 0.5) is 0 Å². The van der Waals surface area contributed by atoms with Gasteiger partial charge in [0.25, 0.3) is 0 Å². The summed E-state index contributed by atoms with van der Waals surface area (Å²) >= 11 is 0. The summed E-state index contributed by atoms with van der Waals surface area (Å²) in [5.41, 5.74) is -1.62. The number of esters is 1. The van der Waals surface area contributed by atoms with E-state index in [0.29, 0.717) is 19.5 Å². The van der Waals surface area contributed by atoms with Crippen LogP contribution >= 0.6 is 0 Å². The van der Waals surface area contributed by atoms with E-state index in [-0.39, 0.29) is 24.8 Å². The molecule has 0 aromatic carbocycles. The van der Waals surface area contributed by atoms with Gasteiger partial charge in [-0.05, 0) is 40.7 Å². The molecule has 0 saturated carbocycles. The van der Waals surface area contributed by atoms with E-state index in [1.54, 1.807) is 27.8 Å². The Hall–Kier alpha value is -1.43. The van der Waals surface area contributed by atoms with Gasteiger partial charge in [0.15, 0.2) is 5.78 Å². The van der Waals surface area contributed by atoms with E-state index >= 15 is 0 Å². The van der Waals surface area contributed by atoms with Gasteiger partial charge in [0.1, 0.15) is 5.41 Å². The summed E-state index contributed by atoms with van der Waals surface area (Å²) < 4.78 is 4.95. The van der Waals surface area contributed by atoms with Crippen LogP contribution in [0.3, 0.4) is 0 Å². The van der Waals surface area contributed by atoms with E-state index in [1.165, 1.54) is 0 Å². The minimum absolute atomic E-state index is 0.0119. The van der Waals surface area contributed by atoms with Crippen LogP contribution < -0.4 is 5.32 Å². The van der Waals surface area contributed by atoms with E-state index in [9.17, 15) is 14.4 Å². The third kappa shape index (κ3) is 3.81. The van der Waals surface area contributed by atoms with E-state index < -0.39 is 16.8 Å². The van der Waals surface area contributed by atoms with Crippen molar-refractivity contribution < 1.29 is 19.1 Å². The van der Waals surface area contributed by atoms with Gasteiger partial charge in [-0.25, -0.2) is 0 Å². The van der Waals surface area contributed by atoms with Crippen LogP contribution in [0.5, 0.6) is 0 Å². The Morgan fingerprint density at radius 1 is 1.33 bits per heavy atom. The van der Waals surface area contributed by atoms with Crippen LogP contribution in [-0.4, -0.2) is 55.8 Å². The van der Waals surface area contributed by atoms with E-state index in [0.717, 1.165) is 0 Å². The number of likely N-dealkylation sites (tertiary alicyclic amines) is 1. The Balaban J connectivity index is 2.65. The van der Waals surface area contributed by atoms with Crippen LogP contribution in [0.15, 0.2) is 0 Å². The highest BCUT2D eigenvalue weighted by Gasteiger charge is 2.43. The number of ether oxygens (including phenoxy) is 1. The molecule has 0 aromatic heterocycles. The number of nitrogens with one attached hydrogen (secondary N) is 1. The first-order valence-electron chi connectivity index (χ1n) is 7.32. The van der Waals surface area contributed by atoms with Gasteiger partial charge in [0, 0.05) is 13.6 Å². The topological polar surface area (TPSA) is 75.7 Å². The zero-order valence-electron chi connectivity index (χ0n) is 13.6. The minimum atomic E-state index is -1.15. The van der Waals surface area contributed by atoms with Gasteiger partial charge in [-0.15, -0.1) is 0 Å². The fourth-order valence-electron chi connectivity index (χ4n) is 2.50. The Bertz CT molecular complexity index is 433. The molecule has 1 N–H and O–H groups in total. The molecule has 1 fully saturated rings. The fourth-order valence-corrected chi connectivity index (χ4v) is 2.50. The number of carbonyl (C=O) groups is 3. The van der Waals surface area contributed by atoms with Crippen molar-refractivity contribution in [3.8, 4) is 0 Å². The van der Waals surface area contributed by atoms with Gasteiger partial charge in [0.05, 0.1) is 18.6 Å². The van der Waals surface area contributed by atoms with E-state index in [2.05, 4.69) is 5.32 Å². The molecule has 1 saturated heterocycles. The largest absolute Gasteiger partial charge is 0.465 e. The molecule has 1 aliphatic heterocycles. The first kappa shape index (κ1) is 17.6. The average molecular weight is 298 g/mol. The highest BCUT2D eigenvalue weighted by Crippen LogP contribution is 2.31. The molecule has 0 radical (unpaired) electrons. The van der Waals surface area contributed by atoms with Gasteiger partial charge in [-0.2, -0.15) is 0 Å². The Morgan fingerprint density at radius 3 is 2.48 bits per heavy atom. The lowest BCUT2D eigenvalue weighted by Gasteiger charge is -2.25. The molecule has 0 aromatic rings. The van der Waals surface area contributed by atoms with Crippen molar-refractivity contribution in [3.63, 3.8) is 0 Å². The van der Waals surface area contributed by atoms with Crippen molar-refractivity contribution in [2.75, 3.05) is 33.3 Å². The first-order chi connectivity index (χ1) is 9.67. The SMILES string of the molecule is CCOC(=O)C(C)(C)C(=O)CN1CCC(C)(C(=O)NC)C1. The molecule has 0 bridgehead atoms. The molecule has 1 aliphatic rings. The maximum atomic E-state index is 12.3. The van der Waals surface area contributed by atoms with Gasteiger partial charge >= 0.3 is 5.97 Å². The van der Waals surface area contributed by atoms with Crippen molar-refractivity contribution in [2.24, 2.45) is 10.8 Å². The standard InChI is InChI=1S/C15H26N2O4/c1-6-21-13(20)14(2,3)11(18)9-17-8-7-15(4,10-17)12(19)16-5/h6-10H2,1-5H3,(H,16,19). The zero-order chi connectivity index (χ0) is 16.3. The van der Waals surface area contributed by atoms with Crippen LogP contribution in [0.25, 0.3) is 0 Å². The summed E-state index contributed by atoms with van der Waals surface area (Å²) in [6.45, 7) is 8.40. The van der Waals surface area contributed by atoms with Crippen LogP contribution in [-0.2, 0) is 19.1 Å². The fraction of sp³-hybridized carbons (Fsp3) is 0.800. The number of hydrogen-bond donors (Lipinski definition) is 1. The molecule has 6 heteroatoms. The smallest absolute Gasteiger partial charge is 0.319 e. The third-order valence-electron chi connectivity index (χ3n) is 4.18. The first-order valence-corrected chi connectivity index (χ1v) is 7.32. The van der Waals surface area contributed by atoms with Crippen molar-refractivity contribution in [1.82, 2.24) is 10.2 Å². The second kappa shape index (κ2) is 6.56. The minimum Gasteiger partial charge on any atom is -0.465 e. The lowest BCUT2D eigenvalue weighted by atomic mass is 9.87. The normalized spacial score (nSPS) is 22.9. The molecule has 0 aliphatic carbocycles. The molecule has 21 heavy (non-hydrogen) atoms. The molecule has 1 heterocycles. The lowest BCUT2D eigenvalue weighted by molar-refractivity contribution is -0.158. The van der Waals surface area contributed by atoms with Crippen molar-refractivity contribution >= 4 is 17.7 Å². The second-order valence-electron chi connectivity index (χ2n) is 6.37. The number of carbonyl (C=O) groups excluding carboxylic acids is 3. The van der Waals surface area contributed by atoms with E-state index in [4.69, 9.17) is 4.74 Å². The Morgan fingerprint density at radius 2 is 1.95 bits per heavy atom. The number of ketones is 1. The zero-order valence-corrected chi connectivity index (χ0v) is 13.6. The Kier molecular flexibility index (Phi) is 5.50. The molecule has 1 rings (SSSR count). The third-order valence-corrected chi connectivity index (χ3v) is 4.18. The summed E-state index contributed by atoms with van der Waals surface area (Å²) in [7, 11) is 1.62. The summed E-state index contributed by atoms with van der Waals surface area (Å²) in [5.74, 6) is -0.688. The van der Waals surface area contributed by atoms with E-state index in [1.807, 2.05) is 11.8 Å². The molecule has 120 valence electrons. The maximum Gasteiger partial charge on any atom is 0.319 e. The molecule has 1 unspecified atom stereocenters. The predicted molar refractivity (Wildman–Crippen MR) is 78.7 cm³/mol. The number of nitrogens with zero attached hydrogens (tertiary/aromatic N) is 1. The van der Waals surface area contributed by atoms with Gasteiger partial charge < -0.3 is 10.1 Å². The van der Waals surface area contributed by atoms with Gasteiger partial charge in [-0.3, -0.25) is 19.3 Å². The summed E-state index contributed by atoms with van der Waals surface area (Å²) in [6, 6.07) is 0.